The van der Waals surface area contributed by atoms with Crippen molar-refractivity contribution in [1.29, 1.82) is 0 Å². The van der Waals surface area contributed by atoms with Crippen LogP contribution in [0, 0.1) is 0 Å². The number of amides is 2. The lowest BCUT2D eigenvalue weighted by atomic mass is 9.97. The number of ether oxygens (including phenoxy) is 2. The number of carbonyl (C=O) groups excluding carboxylic acids is 2. The standard InChI is InChI=1S/C18H25N3O4/c1-20-15(22)13-25-17(16(20)14-5-3-2-4-6-14)18(23)19-7-8-21-9-11-24-12-10-21/h2-6,16-17H,7-13H2,1H3,(H,19,23)/t16-,17-/m0/s1. The minimum atomic E-state index is -0.699. The third kappa shape index (κ3) is 4.36. The lowest BCUT2D eigenvalue weighted by molar-refractivity contribution is -0.162. The molecule has 2 fully saturated rings. The van der Waals surface area contributed by atoms with E-state index < -0.39 is 12.1 Å². The second-order valence-electron chi connectivity index (χ2n) is 6.34. The number of rotatable bonds is 5. The van der Waals surface area contributed by atoms with Crippen molar-refractivity contribution in [2.75, 3.05) is 53.0 Å². The van der Waals surface area contributed by atoms with Crippen LogP contribution in [0.3, 0.4) is 0 Å². The van der Waals surface area contributed by atoms with Crippen LogP contribution in [0.25, 0.3) is 0 Å². The molecule has 1 N–H and O–H groups in total. The number of benzene rings is 1. The molecule has 2 amide bonds. The van der Waals surface area contributed by atoms with Gasteiger partial charge < -0.3 is 19.7 Å². The highest BCUT2D eigenvalue weighted by atomic mass is 16.5. The van der Waals surface area contributed by atoms with Crippen molar-refractivity contribution in [3.05, 3.63) is 35.9 Å². The summed E-state index contributed by atoms with van der Waals surface area (Å²) in [5.74, 6) is -0.298. The SMILES string of the molecule is CN1C(=O)CO[C@H](C(=O)NCCN2CCOCC2)[C@@H]1c1ccccc1. The topological polar surface area (TPSA) is 71.1 Å². The Bertz CT molecular complexity index is 589. The third-order valence-corrected chi connectivity index (χ3v) is 4.71. The number of likely N-dealkylation sites (N-methyl/N-ethyl adjacent to an activating group) is 1. The van der Waals surface area contributed by atoms with E-state index in [2.05, 4.69) is 10.2 Å². The van der Waals surface area contributed by atoms with Crippen LogP contribution in [0.15, 0.2) is 30.3 Å². The Morgan fingerprint density at radius 1 is 1.24 bits per heavy atom. The van der Waals surface area contributed by atoms with Gasteiger partial charge in [-0.2, -0.15) is 0 Å². The molecule has 3 rings (SSSR count). The van der Waals surface area contributed by atoms with Crippen molar-refractivity contribution < 1.29 is 19.1 Å². The van der Waals surface area contributed by atoms with Gasteiger partial charge >= 0.3 is 0 Å². The molecular formula is C18H25N3O4. The van der Waals surface area contributed by atoms with Gasteiger partial charge in [0.25, 0.3) is 5.91 Å². The summed E-state index contributed by atoms with van der Waals surface area (Å²) < 4.78 is 10.9. The van der Waals surface area contributed by atoms with Crippen molar-refractivity contribution >= 4 is 11.8 Å². The van der Waals surface area contributed by atoms with Crippen LogP contribution in [-0.4, -0.2) is 80.8 Å². The first-order chi connectivity index (χ1) is 12.2. The van der Waals surface area contributed by atoms with Crippen LogP contribution in [0.1, 0.15) is 11.6 Å². The van der Waals surface area contributed by atoms with Crippen molar-refractivity contribution in [1.82, 2.24) is 15.1 Å². The fourth-order valence-electron chi connectivity index (χ4n) is 3.24. The molecule has 7 heteroatoms. The molecule has 2 atom stereocenters. The van der Waals surface area contributed by atoms with Gasteiger partial charge in [-0.25, -0.2) is 0 Å². The van der Waals surface area contributed by atoms with Gasteiger partial charge in [0.05, 0.1) is 19.3 Å². The third-order valence-electron chi connectivity index (χ3n) is 4.71. The van der Waals surface area contributed by atoms with Crippen LogP contribution >= 0.6 is 0 Å². The van der Waals surface area contributed by atoms with Crippen LogP contribution in [0.4, 0.5) is 0 Å². The first-order valence-corrected chi connectivity index (χ1v) is 8.67. The molecule has 0 unspecified atom stereocenters. The Hall–Kier alpha value is -1.96. The molecule has 2 heterocycles. The molecule has 7 nitrogen and oxygen atoms in total. The Morgan fingerprint density at radius 2 is 1.96 bits per heavy atom. The molecule has 1 aromatic carbocycles. The number of nitrogens with one attached hydrogen (secondary N) is 1. The van der Waals surface area contributed by atoms with Gasteiger partial charge in [-0.1, -0.05) is 30.3 Å². The monoisotopic (exact) mass is 347 g/mol. The average molecular weight is 347 g/mol. The highest BCUT2D eigenvalue weighted by molar-refractivity contribution is 5.86. The summed E-state index contributed by atoms with van der Waals surface area (Å²) in [6, 6.07) is 9.12. The minimum absolute atomic E-state index is 0.0681. The summed E-state index contributed by atoms with van der Waals surface area (Å²) in [5.41, 5.74) is 0.895. The molecule has 0 saturated carbocycles. The molecule has 0 aliphatic carbocycles. The number of hydrogen-bond donors (Lipinski definition) is 1. The maximum absolute atomic E-state index is 12.7. The Balaban J connectivity index is 1.61. The summed E-state index contributed by atoms with van der Waals surface area (Å²) >= 11 is 0. The smallest absolute Gasteiger partial charge is 0.251 e. The number of morpholine rings is 2. The first kappa shape index (κ1) is 17.8. The van der Waals surface area contributed by atoms with E-state index in [-0.39, 0.29) is 18.4 Å². The van der Waals surface area contributed by atoms with Crippen LogP contribution in [-0.2, 0) is 19.1 Å². The molecule has 136 valence electrons. The number of nitrogens with zero attached hydrogens (tertiary/aromatic N) is 2. The normalized spacial score (nSPS) is 25.0. The molecule has 0 bridgehead atoms. The van der Waals surface area contributed by atoms with E-state index in [1.165, 1.54) is 0 Å². The lowest BCUT2D eigenvalue weighted by Gasteiger charge is -2.38. The zero-order valence-corrected chi connectivity index (χ0v) is 14.5. The lowest BCUT2D eigenvalue weighted by Crippen LogP contribution is -2.53. The molecule has 0 radical (unpaired) electrons. The fourth-order valence-corrected chi connectivity index (χ4v) is 3.24. The number of hydrogen-bond acceptors (Lipinski definition) is 5. The predicted molar refractivity (Wildman–Crippen MR) is 92.0 cm³/mol. The quantitative estimate of drug-likeness (QED) is 0.814. The van der Waals surface area contributed by atoms with E-state index >= 15 is 0 Å². The first-order valence-electron chi connectivity index (χ1n) is 8.67. The Labute approximate surface area is 147 Å². The molecule has 1 aromatic rings. The molecule has 2 aliphatic heterocycles. The average Bonchev–Trinajstić information content (AvgIpc) is 2.65. The Morgan fingerprint density at radius 3 is 2.68 bits per heavy atom. The van der Waals surface area contributed by atoms with E-state index in [1.54, 1.807) is 11.9 Å². The Kier molecular flexibility index (Phi) is 6.01. The van der Waals surface area contributed by atoms with Gasteiger partial charge in [0.2, 0.25) is 5.91 Å². The van der Waals surface area contributed by atoms with Gasteiger partial charge in [-0.05, 0) is 5.56 Å². The van der Waals surface area contributed by atoms with Crippen molar-refractivity contribution in [2.45, 2.75) is 12.1 Å². The van der Waals surface area contributed by atoms with Crippen LogP contribution in [0.2, 0.25) is 0 Å². The molecule has 2 aliphatic rings. The zero-order valence-electron chi connectivity index (χ0n) is 14.5. The maximum atomic E-state index is 12.7. The van der Waals surface area contributed by atoms with E-state index in [0.717, 1.165) is 38.4 Å². The largest absolute Gasteiger partial charge is 0.379 e. The second-order valence-corrected chi connectivity index (χ2v) is 6.34. The van der Waals surface area contributed by atoms with Gasteiger partial charge in [-0.3, -0.25) is 14.5 Å². The zero-order chi connectivity index (χ0) is 17.6. The highest BCUT2D eigenvalue weighted by Crippen LogP contribution is 2.28. The van der Waals surface area contributed by atoms with E-state index in [9.17, 15) is 9.59 Å². The van der Waals surface area contributed by atoms with Gasteiger partial charge in [-0.15, -0.1) is 0 Å². The molecule has 0 spiro atoms. The van der Waals surface area contributed by atoms with Crippen LogP contribution < -0.4 is 5.32 Å². The van der Waals surface area contributed by atoms with Gasteiger partial charge in [0, 0.05) is 33.2 Å². The minimum Gasteiger partial charge on any atom is -0.379 e. The second kappa shape index (κ2) is 8.42. The van der Waals surface area contributed by atoms with E-state index in [1.807, 2.05) is 30.3 Å². The summed E-state index contributed by atoms with van der Waals surface area (Å²) in [5, 5.41) is 2.95. The van der Waals surface area contributed by atoms with E-state index in [0.29, 0.717) is 6.54 Å². The number of carbonyl (C=O) groups is 2. The molecule has 0 aromatic heterocycles. The molecule has 25 heavy (non-hydrogen) atoms. The summed E-state index contributed by atoms with van der Waals surface area (Å²) in [6.45, 7) is 4.52. The fraction of sp³-hybridized carbons (Fsp3) is 0.556. The molecule has 2 saturated heterocycles. The van der Waals surface area contributed by atoms with Crippen molar-refractivity contribution in [3.8, 4) is 0 Å². The molecular weight excluding hydrogens is 322 g/mol. The van der Waals surface area contributed by atoms with Crippen molar-refractivity contribution in [3.63, 3.8) is 0 Å². The van der Waals surface area contributed by atoms with Crippen LogP contribution in [0.5, 0.6) is 0 Å². The summed E-state index contributed by atoms with van der Waals surface area (Å²) in [6.07, 6.45) is -0.699. The summed E-state index contributed by atoms with van der Waals surface area (Å²) in [7, 11) is 1.72. The van der Waals surface area contributed by atoms with Crippen molar-refractivity contribution in [2.24, 2.45) is 0 Å². The van der Waals surface area contributed by atoms with E-state index in [4.69, 9.17) is 9.47 Å². The van der Waals surface area contributed by atoms with Gasteiger partial charge in [0.1, 0.15) is 6.61 Å². The predicted octanol–water partition coefficient (Wildman–Crippen LogP) is 0.0333. The maximum Gasteiger partial charge on any atom is 0.251 e. The highest BCUT2D eigenvalue weighted by Gasteiger charge is 2.39. The van der Waals surface area contributed by atoms with Gasteiger partial charge in [0.15, 0.2) is 6.10 Å². The summed E-state index contributed by atoms with van der Waals surface area (Å²) in [4.78, 5) is 28.5.